The van der Waals surface area contributed by atoms with Crippen LogP contribution in [0.5, 0.6) is 5.75 Å². The molecule has 2 heterocycles. The Morgan fingerprint density at radius 1 is 1.20 bits per heavy atom. The Morgan fingerprint density at radius 2 is 1.95 bits per heavy atom. The highest BCUT2D eigenvalue weighted by Gasteiger charge is 2.15. The highest BCUT2D eigenvalue weighted by molar-refractivity contribution is 5.98. The average molecular weight is 270 g/mol. The molecular formula is C16H18N2O2. The Morgan fingerprint density at radius 3 is 2.60 bits per heavy atom. The number of methoxy groups -OCH3 is 1. The van der Waals surface area contributed by atoms with Gasteiger partial charge in [0.2, 0.25) is 0 Å². The number of aromatic nitrogens is 2. The van der Waals surface area contributed by atoms with Crippen LogP contribution in [0.15, 0.2) is 24.7 Å². The summed E-state index contributed by atoms with van der Waals surface area (Å²) in [5, 5.41) is 0. The third-order valence-corrected chi connectivity index (χ3v) is 3.40. The second-order valence-corrected chi connectivity index (χ2v) is 4.84. The summed E-state index contributed by atoms with van der Waals surface area (Å²) < 4.78 is 5.37. The van der Waals surface area contributed by atoms with Crippen molar-refractivity contribution in [1.82, 2.24) is 9.97 Å². The van der Waals surface area contributed by atoms with Gasteiger partial charge in [-0.1, -0.05) is 0 Å². The van der Waals surface area contributed by atoms with Crippen molar-refractivity contribution >= 4 is 5.78 Å². The van der Waals surface area contributed by atoms with E-state index in [2.05, 4.69) is 9.97 Å². The standard InChI is InChI=1S/C16H18N2O2/c1-10-8-17-6-5-13(10)15(19)7-14-12(3)16(20-4)11(2)9-18-14/h5-6,8-9H,7H2,1-4H3. The molecule has 0 aromatic carbocycles. The summed E-state index contributed by atoms with van der Waals surface area (Å²) in [5.41, 5.74) is 4.23. The third-order valence-electron chi connectivity index (χ3n) is 3.40. The number of rotatable bonds is 4. The van der Waals surface area contributed by atoms with E-state index in [1.807, 2.05) is 20.8 Å². The molecule has 0 bridgehead atoms. The summed E-state index contributed by atoms with van der Waals surface area (Å²) in [4.78, 5) is 20.7. The van der Waals surface area contributed by atoms with Crippen LogP contribution in [-0.4, -0.2) is 22.9 Å². The Balaban J connectivity index is 2.32. The molecule has 4 nitrogen and oxygen atoms in total. The fourth-order valence-corrected chi connectivity index (χ4v) is 2.28. The zero-order chi connectivity index (χ0) is 14.7. The van der Waals surface area contributed by atoms with Crippen LogP contribution in [-0.2, 0) is 6.42 Å². The Hall–Kier alpha value is -2.23. The average Bonchev–Trinajstić information content (AvgIpc) is 2.43. The summed E-state index contributed by atoms with van der Waals surface area (Å²) in [6.45, 7) is 5.76. The maximum Gasteiger partial charge on any atom is 0.169 e. The van der Waals surface area contributed by atoms with E-state index in [1.165, 1.54) is 0 Å². The van der Waals surface area contributed by atoms with Crippen molar-refractivity contribution in [1.29, 1.82) is 0 Å². The number of Topliss-reactive ketones (excluding diaryl/α,β-unsaturated/α-hetero) is 1. The number of pyridine rings is 2. The lowest BCUT2D eigenvalue weighted by molar-refractivity contribution is 0.0991. The molecule has 0 unspecified atom stereocenters. The minimum Gasteiger partial charge on any atom is -0.496 e. The molecule has 0 saturated heterocycles. The minimum atomic E-state index is 0.0476. The van der Waals surface area contributed by atoms with Crippen molar-refractivity contribution in [2.24, 2.45) is 0 Å². The molecule has 0 fully saturated rings. The molecule has 20 heavy (non-hydrogen) atoms. The first-order valence-electron chi connectivity index (χ1n) is 6.47. The second-order valence-electron chi connectivity index (χ2n) is 4.84. The van der Waals surface area contributed by atoms with Gasteiger partial charge in [-0.15, -0.1) is 0 Å². The molecule has 2 aromatic rings. The van der Waals surface area contributed by atoms with E-state index in [4.69, 9.17) is 4.74 Å². The van der Waals surface area contributed by atoms with E-state index >= 15 is 0 Å². The molecule has 2 rings (SSSR count). The highest BCUT2D eigenvalue weighted by atomic mass is 16.5. The minimum absolute atomic E-state index is 0.0476. The van der Waals surface area contributed by atoms with Crippen molar-refractivity contribution in [3.05, 3.63) is 52.6 Å². The number of hydrogen-bond donors (Lipinski definition) is 0. The molecule has 0 aliphatic heterocycles. The molecule has 0 aliphatic carbocycles. The quantitative estimate of drug-likeness (QED) is 0.802. The van der Waals surface area contributed by atoms with Crippen LogP contribution in [0, 0.1) is 20.8 Å². The van der Waals surface area contributed by atoms with Crippen molar-refractivity contribution < 1.29 is 9.53 Å². The largest absolute Gasteiger partial charge is 0.496 e. The van der Waals surface area contributed by atoms with Gasteiger partial charge in [0.1, 0.15) is 5.75 Å². The van der Waals surface area contributed by atoms with Gasteiger partial charge in [-0.05, 0) is 32.4 Å². The van der Waals surface area contributed by atoms with Gasteiger partial charge in [-0.25, -0.2) is 0 Å². The number of ketones is 1. The lowest BCUT2D eigenvalue weighted by atomic mass is 10.0. The summed E-state index contributed by atoms with van der Waals surface area (Å²) in [6, 6.07) is 1.75. The topological polar surface area (TPSA) is 52.1 Å². The summed E-state index contributed by atoms with van der Waals surface area (Å²) in [5.74, 6) is 0.848. The number of carbonyl (C=O) groups excluding carboxylic acids is 1. The number of carbonyl (C=O) groups is 1. The van der Waals surface area contributed by atoms with Crippen molar-refractivity contribution in [3.63, 3.8) is 0 Å². The lowest BCUT2D eigenvalue weighted by Crippen LogP contribution is -2.09. The molecule has 0 aliphatic rings. The van der Waals surface area contributed by atoms with Crippen LogP contribution in [0.3, 0.4) is 0 Å². The number of aryl methyl sites for hydroxylation is 2. The Labute approximate surface area is 118 Å². The van der Waals surface area contributed by atoms with Crippen LogP contribution >= 0.6 is 0 Å². The molecule has 0 atom stereocenters. The highest BCUT2D eigenvalue weighted by Crippen LogP contribution is 2.24. The van der Waals surface area contributed by atoms with Crippen LogP contribution in [0.1, 0.15) is 32.7 Å². The maximum atomic E-state index is 12.4. The Kier molecular flexibility index (Phi) is 4.13. The van der Waals surface area contributed by atoms with Gasteiger partial charge in [-0.3, -0.25) is 14.8 Å². The predicted molar refractivity (Wildman–Crippen MR) is 77.3 cm³/mol. The SMILES string of the molecule is COc1c(C)cnc(CC(=O)c2ccncc2C)c1C. The van der Waals surface area contributed by atoms with Crippen LogP contribution in [0.4, 0.5) is 0 Å². The van der Waals surface area contributed by atoms with Gasteiger partial charge < -0.3 is 4.74 Å². The van der Waals surface area contributed by atoms with E-state index in [0.717, 1.165) is 28.1 Å². The summed E-state index contributed by atoms with van der Waals surface area (Å²) in [6.07, 6.45) is 5.35. The first kappa shape index (κ1) is 14.2. The molecule has 2 aromatic heterocycles. The second kappa shape index (κ2) is 5.82. The van der Waals surface area contributed by atoms with E-state index < -0.39 is 0 Å². The van der Waals surface area contributed by atoms with E-state index in [9.17, 15) is 4.79 Å². The van der Waals surface area contributed by atoms with Crippen LogP contribution in [0.2, 0.25) is 0 Å². The van der Waals surface area contributed by atoms with Gasteiger partial charge in [0.15, 0.2) is 5.78 Å². The number of ether oxygens (including phenoxy) is 1. The van der Waals surface area contributed by atoms with Gasteiger partial charge in [0.25, 0.3) is 0 Å². The fraction of sp³-hybridized carbons (Fsp3) is 0.312. The number of nitrogens with zero attached hydrogens (tertiary/aromatic N) is 2. The molecule has 104 valence electrons. The summed E-state index contributed by atoms with van der Waals surface area (Å²) >= 11 is 0. The molecule has 0 N–H and O–H groups in total. The molecule has 0 saturated carbocycles. The predicted octanol–water partition coefficient (Wildman–Crippen LogP) is 2.84. The molecule has 0 amide bonds. The van der Waals surface area contributed by atoms with Crippen molar-refractivity contribution in [2.75, 3.05) is 7.11 Å². The number of hydrogen-bond acceptors (Lipinski definition) is 4. The van der Waals surface area contributed by atoms with Gasteiger partial charge in [0, 0.05) is 35.3 Å². The fourth-order valence-electron chi connectivity index (χ4n) is 2.28. The van der Waals surface area contributed by atoms with Crippen LogP contribution in [0.25, 0.3) is 0 Å². The first-order valence-corrected chi connectivity index (χ1v) is 6.47. The first-order chi connectivity index (χ1) is 9.54. The van der Waals surface area contributed by atoms with E-state index in [0.29, 0.717) is 5.56 Å². The maximum absolute atomic E-state index is 12.4. The third kappa shape index (κ3) is 2.69. The van der Waals surface area contributed by atoms with E-state index in [1.54, 1.807) is 31.8 Å². The van der Waals surface area contributed by atoms with Gasteiger partial charge in [0.05, 0.1) is 19.2 Å². The summed E-state index contributed by atoms with van der Waals surface area (Å²) in [7, 11) is 1.63. The van der Waals surface area contributed by atoms with Gasteiger partial charge >= 0.3 is 0 Å². The van der Waals surface area contributed by atoms with Crippen molar-refractivity contribution in [2.45, 2.75) is 27.2 Å². The van der Waals surface area contributed by atoms with Crippen molar-refractivity contribution in [3.8, 4) is 5.75 Å². The Bertz CT molecular complexity index is 651. The zero-order valence-corrected chi connectivity index (χ0v) is 12.2. The van der Waals surface area contributed by atoms with E-state index in [-0.39, 0.29) is 12.2 Å². The molecule has 0 radical (unpaired) electrons. The molecule has 4 heteroatoms. The molecular weight excluding hydrogens is 252 g/mol. The normalized spacial score (nSPS) is 10.4. The molecule has 0 spiro atoms. The van der Waals surface area contributed by atoms with Crippen LogP contribution < -0.4 is 4.74 Å². The zero-order valence-electron chi connectivity index (χ0n) is 12.2. The monoisotopic (exact) mass is 270 g/mol. The lowest BCUT2D eigenvalue weighted by Gasteiger charge is -2.12. The smallest absolute Gasteiger partial charge is 0.169 e. The van der Waals surface area contributed by atoms with Gasteiger partial charge in [-0.2, -0.15) is 0 Å².